The van der Waals surface area contributed by atoms with Crippen molar-refractivity contribution < 1.29 is 18.4 Å². The van der Waals surface area contributed by atoms with E-state index in [0.717, 1.165) is 120 Å². The molecule has 63 heavy (non-hydrogen) atoms. The molecule has 2 N–H and O–H groups in total. The van der Waals surface area contributed by atoms with Crippen LogP contribution in [0.25, 0.3) is 68.6 Å². The van der Waals surface area contributed by atoms with Gasteiger partial charge in [0.15, 0.2) is 0 Å². The van der Waals surface area contributed by atoms with Gasteiger partial charge in [0.25, 0.3) is 0 Å². The van der Waals surface area contributed by atoms with Crippen molar-refractivity contribution in [3.8, 4) is 33.8 Å². The van der Waals surface area contributed by atoms with Gasteiger partial charge >= 0.3 is 0 Å². The van der Waals surface area contributed by atoms with Crippen LogP contribution in [-0.4, -0.2) is 97.5 Å². The van der Waals surface area contributed by atoms with Crippen LogP contribution in [-0.2, 0) is 6.42 Å². The highest BCUT2D eigenvalue weighted by Crippen LogP contribution is 2.36. The number of aromatic amines is 2. The molecule has 2 aromatic carbocycles. The smallest absolute Gasteiger partial charge is 0.123 e. The van der Waals surface area contributed by atoms with Crippen molar-refractivity contribution in [1.29, 1.82) is 0 Å². The third-order valence-electron chi connectivity index (χ3n) is 11.9. The van der Waals surface area contributed by atoms with Gasteiger partial charge in [-0.25, -0.2) is 9.97 Å². The van der Waals surface area contributed by atoms with Gasteiger partial charge < -0.3 is 28.4 Å². The summed E-state index contributed by atoms with van der Waals surface area (Å²) in [6.07, 6.45) is 23.6. The first-order valence-electron chi connectivity index (χ1n) is 23.6. The molecule has 0 atom stereocenters. The van der Waals surface area contributed by atoms with Crippen molar-refractivity contribution in [3.05, 3.63) is 107 Å². The van der Waals surface area contributed by atoms with Crippen LogP contribution in [0.4, 0.5) is 0 Å². The van der Waals surface area contributed by atoms with Gasteiger partial charge in [-0.3, -0.25) is 0 Å². The number of aryl methyl sites for hydroxylation is 1. The molecular weight excluding hydrogens is 777 g/mol. The monoisotopic (exact) mass is 849 g/mol. The zero-order chi connectivity index (χ0) is 44.2. The lowest BCUT2D eigenvalue weighted by atomic mass is 9.99. The number of nitrogens with zero attached hydrogens (tertiary/aromatic N) is 4. The van der Waals surface area contributed by atoms with Crippen LogP contribution in [0.5, 0.6) is 11.5 Å². The molecule has 8 nitrogen and oxygen atoms in total. The third-order valence-corrected chi connectivity index (χ3v) is 11.9. The number of quaternary nitrogens is 2. The van der Waals surface area contributed by atoms with Crippen LogP contribution in [0.15, 0.2) is 78.9 Å². The Balaban J connectivity index is 1.22. The van der Waals surface area contributed by atoms with Gasteiger partial charge in [0.05, 0.1) is 91.4 Å². The SMILES string of the molecule is CCCCCCCCCCCc1ccc(-c2c3nc(cc4ccc([nH]4)c(-c4cc(OCCC[N+](C)(C)C)cc(OCCC[N+](C)(C)C)c4)c4nc(cc5ccc2[nH]5)C=C4)C=C3)cc1. The Morgan fingerprint density at radius 2 is 0.952 bits per heavy atom. The fourth-order valence-corrected chi connectivity index (χ4v) is 8.50. The second-order valence-electron chi connectivity index (χ2n) is 19.6. The first kappa shape index (κ1) is 45.6. The minimum Gasteiger partial charge on any atom is -0.493 e. The molecule has 5 heterocycles. The van der Waals surface area contributed by atoms with Gasteiger partial charge in [-0.05, 0) is 102 Å². The predicted octanol–water partition coefficient (Wildman–Crippen LogP) is 13.0. The maximum Gasteiger partial charge on any atom is 0.123 e. The first-order chi connectivity index (χ1) is 30.4. The van der Waals surface area contributed by atoms with Gasteiger partial charge in [-0.1, -0.05) is 82.6 Å². The fraction of sp³-hybridized carbons (Fsp3) is 0.418. The zero-order valence-electron chi connectivity index (χ0n) is 39.2. The van der Waals surface area contributed by atoms with Crippen LogP contribution in [0.2, 0.25) is 0 Å². The van der Waals surface area contributed by atoms with Crippen molar-refractivity contribution in [2.45, 2.75) is 84.0 Å². The molecule has 2 aliphatic rings. The molecule has 0 saturated carbocycles. The number of rotatable bonds is 22. The normalized spacial score (nSPS) is 12.6. The van der Waals surface area contributed by atoms with E-state index in [2.05, 4.69) is 156 Å². The molecule has 5 aromatic rings. The summed E-state index contributed by atoms with van der Waals surface area (Å²) in [5.74, 6) is 1.58. The van der Waals surface area contributed by atoms with E-state index in [4.69, 9.17) is 19.4 Å². The molecule has 7 rings (SSSR count). The second kappa shape index (κ2) is 21.3. The summed E-state index contributed by atoms with van der Waals surface area (Å²) in [6, 6.07) is 28.2. The van der Waals surface area contributed by atoms with Gasteiger partial charge in [-0.2, -0.15) is 0 Å². The van der Waals surface area contributed by atoms with E-state index in [-0.39, 0.29) is 0 Å². The van der Waals surface area contributed by atoms with E-state index in [9.17, 15) is 0 Å². The van der Waals surface area contributed by atoms with E-state index in [1.54, 1.807) is 0 Å². The summed E-state index contributed by atoms with van der Waals surface area (Å²) < 4.78 is 14.7. The van der Waals surface area contributed by atoms with Crippen LogP contribution >= 0.6 is 0 Å². The number of ether oxygens (including phenoxy) is 2. The van der Waals surface area contributed by atoms with Gasteiger partial charge in [0.1, 0.15) is 11.5 Å². The Morgan fingerprint density at radius 1 is 0.476 bits per heavy atom. The number of H-pyrrole nitrogens is 2. The summed E-state index contributed by atoms with van der Waals surface area (Å²) in [5.41, 5.74) is 13.1. The average molecular weight is 849 g/mol. The van der Waals surface area contributed by atoms with E-state index in [1.807, 2.05) is 6.07 Å². The molecule has 2 aliphatic heterocycles. The fourth-order valence-electron chi connectivity index (χ4n) is 8.50. The standard InChI is InChI=1S/C55H72N6O2/c1-8-9-10-11-12-13-14-15-16-19-41-20-22-42(23-21-41)54-50-28-24-44(56-50)38-46-26-30-52(58-46)55(53-31-27-47(59-53)39-45-25-29-51(54)57-45)43-36-48(62-34-17-32-60(2,3)4)40-49(37-43)63-35-18-33-61(5,6)7/h20-31,36-40,56,59H,8-19,32-35H2,1-7H3/q+2. The van der Waals surface area contributed by atoms with Crippen molar-refractivity contribution >= 4 is 46.4 Å². The molecule has 0 unspecified atom stereocenters. The van der Waals surface area contributed by atoms with Crippen molar-refractivity contribution in [2.75, 3.05) is 68.6 Å². The molecule has 8 bridgehead atoms. The minimum atomic E-state index is 0.626. The maximum atomic E-state index is 6.45. The maximum absolute atomic E-state index is 6.45. The Bertz CT molecular complexity index is 2470. The summed E-state index contributed by atoms with van der Waals surface area (Å²) in [6.45, 7) is 5.59. The minimum absolute atomic E-state index is 0.626. The number of fused-ring (bicyclic) bond motifs is 8. The lowest BCUT2D eigenvalue weighted by Gasteiger charge is -2.24. The molecular formula is C55H72N6O2+2. The van der Waals surface area contributed by atoms with Crippen LogP contribution in [0.1, 0.15) is 106 Å². The van der Waals surface area contributed by atoms with Gasteiger partial charge in [-0.15, -0.1) is 0 Å². The largest absolute Gasteiger partial charge is 0.493 e. The van der Waals surface area contributed by atoms with E-state index in [0.29, 0.717) is 13.2 Å². The topological polar surface area (TPSA) is 75.8 Å². The van der Waals surface area contributed by atoms with Crippen molar-refractivity contribution in [3.63, 3.8) is 0 Å². The summed E-state index contributed by atoms with van der Waals surface area (Å²) in [7, 11) is 13.3. The molecule has 332 valence electrons. The quantitative estimate of drug-likeness (QED) is 0.0526. The van der Waals surface area contributed by atoms with Crippen LogP contribution in [0, 0.1) is 0 Å². The molecule has 0 amide bonds. The molecule has 8 heteroatoms. The van der Waals surface area contributed by atoms with Crippen molar-refractivity contribution in [2.24, 2.45) is 0 Å². The number of hydrogen-bond acceptors (Lipinski definition) is 4. The number of hydrogen-bond donors (Lipinski definition) is 2. The molecule has 0 aliphatic carbocycles. The lowest BCUT2D eigenvalue weighted by Crippen LogP contribution is -2.36. The predicted molar refractivity (Wildman–Crippen MR) is 267 cm³/mol. The summed E-state index contributed by atoms with van der Waals surface area (Å²) >= 11 is 0. The Labute approximate surface area is 376 Å². The van der Waals surface area contributed by atoms with E-state index < -0.39 is 0 Å². The zero-order valence-corrected chi connectivity index (χ0v) is 39.2. The highest BCUT2D eigenvalue weighted by molar-refractivity contribution is 5.93. The van der Waals surface area contributed by atoms with E-state index in [1.165, 1.54) is 63.4 Å². The van der Waals surface area contributed by atoms with Crippen LogP contribution < -0.4 is 9.47 Å². The molecule has 0 saturated heterocycles. The average Bonchev–Trinajstić information content (AvgIpc) is 4.08. The highest BCUT2D eigenvalue weighted by atomic mass is 16.5. The van der Waals surface area contributed by atoms with Gasteiger partial charge in [0.2, 0.25) is 0 Å². The molecule has 0 spiro atoms. The second-order valence-corrected chi connectivity index (χ2v) is 19.6. The number of nitrogens with one attached hydrogen (secondary N) is 2. The molecule has 3 aromatic heterocycles. The van der Waals surface area contributed by atoms with E-state index >= 15 is 0 Å². The number of benzene rings is 2. The number of unbranched alkanes of at least 4 members (excludes halogenated alkanes) is 8. The van der Waals surface area contributed by atoms with Crippen LogP contribution in [0.3, 0.4) is 0 Å². The summed E-state index contributed by atoms with van der Waals surface area (Å²) in [5, 5.41) is 0. The lowest BCUT2D eigenvalue weighted by molar-refractivity contribution is -0.870. The third kappa shape index (κ3) is 13.5. The Hall–Kier alpha value is -5.44. The van der Waals surface area contributed by atoms with Gasteiger partial charge in [0, 0.05) is 52.1 Å². The molecule has 0 fully saturated rings. The molecule has 0 radical (unpaired) electrons. The number of aromatic nitrogens is 4. The summed E-state index contributed by atoms with van der Waals surface area (Å²) in [4.78, 5) is 17.9. The van der Waals surface area contributed by atoms with Crippen molar-refractivity contribution in [1.82, 2.24) is 19.9 Å². The highest BCUT2D eigenvalue weighted by Gasteiger charge is 2.17. The Kier molecular flexibility index (Phi) is 15.4. The Morgan fingerprint density at radius 3 is 1.44 bits per heavy atom. The first-order valence-corrected chi connectivity index (χ1v) is 23.6.